The van der Waals surface area contributed by atoms with Crippen LogP contribution in [-0.4, -0.2) is 49.8 Å². The van der Waals surface area contributed by atoms with Gasteiger partial charge >= 0.3 is 0 Å². The summed E-state index contributed by atoms with van der Waals surface area (Å²) in [4.78, 5) is 11.6. The Morgan fingerprint density at radius 2 is 1.93 bits per heavy atom. The van der Waals surface area contributed by atoms with Gasteiger partial charge in [0.05, 0.1) is 12.6 Å². The summed E-state index contributed by atoms with van der Waals surface area (Å²) in [5, 5.41) is 6.90. The van der Waals surface area contributed by atoms with Gasteiger partial charge in [0, 0.05) is 44.9 Å². The third-order valence-electron chi connectivity index (χ3n) is 5.49. The molecular weight excluding hydrogens is 489 g/mol. The maximum Gasteiger partial charge on any atom is 0.191 e. The van der Waals surface area contributed by atoms with Gasteiger partial charge in [0.1, 0.15) is 5.82 Å². The third-order valence-corrected chi connectivity index (χ3v) is 5.49. The molecule has 7 heteroatoms. The van der Waals surface area contributed by atoms with Crippen LogP contribution in [0.5, 0.6) is 0 Å². The van der Waals surface area contributed by atoms with Gasteiger partial charge in [0.15, 0.2) is 5.96 Å². The van der Waals surface area contributed by atoms with E-state index in [0.29, 0.717) is 12.5 Å². The average molecular weight is 532 g/mol. The number of aromatic nitrogens is 1. The van der Waals surface area contributed by atoms with E-state index in [1.165, 1.54) is 6.42 Å². The largest absolute Gasteiger partial charge is 0.377 e. The van der Waals surface area contributed by atoms with Crippen molar-refractivity contribution in [3.8, 4) is 0 Å². The fraction of sp³-hybridized carbons (Fsp3) is 0.739. The normalized spacial score (nSPS) is 19.7. The maximum absolute atomic E-state index is 6.11. The van der Waals surface area contributed by atoms with Gasteiger partial charge < -0.3 is 20.3 Å². The highest BCUT2D eigenvalue weighted by molar-refractivity contribution is 14.0. The zero-order chi connectivity index (χ0) is 21.3. The molecule has 2 unspecified atom stereocenters. The van der Waals surface area contributed by atoms with E-state index in [2.05, 4.69) is 74.2 Å². The summed E-state index contributed by atoms with van der Waals surface area (Å²) in [6.07, 6.45) is 4.55. The minimum absolute atomic E-state index is 0. The van der Waals surface area contributed by atoms with Gasteiger partial charge in [0.25, 0.3) is 0 Å². The average Bonchev–Trinajstić information content (AvgIpc) is 2.71. The van der Waals surface area contributed by atoms with E-state index in [1.807, 2.05) is 6.20 Å². The lowest BCUT2D eigenvalue weighted by molar-refractivity contribution is -0.0835. The molecule has 1 fully saturated rings. The molecule has 2 rings (SSSR count). The molecule has 1 aromatic rings. The Hall–Kier alpha value is -1.09. The van der Waals surface area contributed by atoms with Crippen molar-refractivity contribution >= 4 is 35.8 Å². The molecule has 1 saturated heterocycles. The Morgan fingerprint density at radius 3 is 2.50 bits per heavy atom. The van der Waals surface area contributed by atoms with Gasteiger partial charge in [-0.3, -0.25) is 0 Å². The molecule has 1 aliphatic heterocycles. The molecule has 0 aromatic carbocycles. The molecule has 1 aromatic heterocycles. The first-order valence-electron chi connectivity index (χ1n) is 11.2. The second-order valence-electron chi connectivity index (χ2n) is 8.83. The van der Waals surface area contributed by atoms with Crippen LogP contribution < -0.4 is 15.5 Å². The predicted octanol–water partition coefficient (Wildman–Crippen LogP) is 4.44. The molecule has 2 atom stereocenters. The molecular formula is C23H42IN5O. The second-order valence-corrected chi connectivity index (χ2v) is 8.83. The van der Waals surface area contributed by atoms with E-state index in [9.17, 15) is 0 Å². The Bertz CT molecular complexity index is 625. The van der Waals surface area contributed by atoms with Gasteiger partial charge in [-0.15, -0.1) is 24.0 Å². The number of nitrogens with zero attached hydrogens (tertiary/aromatic N) is 3. The highest BCUT2D eigenvalue weighted by Crippen LogP contribution is 2.33. The molecule has 0 aliphatic carbocycles. The molecule has 0 spiro atoms. The number of pyridine rings is 1. The van der Waals surface area contributed by atoms with Crippen molar-refractivity contribution < 1.29 is 4.74 Å². The zero-order valence-corrected chi connectivity index (χ0v) is 22.0. The van der Waals surface area contributed by atoms with Crippen molar-refractivity contribution in [1.82, 2.24) is 15.6 Å². The number of anilines is 1. The van der Waals surface area contributed by atoms with Gasteiger partial charge in [-0.05, 0) is 50.7 Å². The molecule has 2 heterocycles. The van der Waals surface area contributed by atoms with Crippen molar-refractivity contribution in [3.05, 3.63) is 23.9 Å². The molecule has 1 aliphatic rings. The smallest absolute Gasteiger partial charge is 0.191 e. The molecule has 0 bridgehead atoms. The first-order valence-corrected chi connectivity index (χ1v) is 11.2. The summed E-state index contributed by atoms with van der Waals surface area (Å²) in [6, 6.07) is 4.21. The molecule has 2 N–H and O–H groups in total. The minimum Gasteiger partial charge on any atom is -0.377 e. The lowest BCUT2D eigenvalue weighted by Gasteiger charge is -2.40. The lowest BCUT2D eigenvalue weighted by Crippen LogP contribution is -2.47. The monoisotopic (exact) mass is 531 g/mol. The summed E-state index contributed by atoms with van der Waals surface area (Å²) in [6.45, 7) is 18.4. The number of aliphatic imine (C=N–C) groups is 1. The van der Waals surface area contributed by atoms with Crippen LogP contribution in [-0.2, 0) is 11.3 Å². The van der Waals surface area contributed by atoms with Crippen LogP contribution in [0.3, 0.4) is 0 Å². The quantitative estimate of drug-likeness (QED) is 0.295. The van der Waals surface area contributed by atoms with Crippen LogP contribution in [0.2, 0.25) is 0 Å². The van der Waals surface area contributed by atoms with E-state index in [4.69, 9.17) is 9.73 Å². The number of halogens is 1. The summed E-state index contributed by atoms with van der Waals surface area (Å²) in [5.74, 6) is 2.39. The topological polar surface area (TPSA) is 61.8 Å². The molecule has 6 nitrogen and oxygen atoms in total. The van der Waals surface area contributed by atoms with Crippen LogP contribution in [0.15, 0.2) is 23.3 Å². The molecule has 30 heavy (non-hydrogen) atoms. The van der Waals surface area contributed by atoms with Crippen LogP contribution >= 0.6 is 24.0 Å². The number of guanidine groups is 1. The number of rotatable bonds is 8. The summed E-state index contributed by atoms with van der Waals surface area (Å²) in [7, 11) is 0. The molecule has 0 radical (unpaired) electrons. The Morgan fingerprint density at radius 1 is 1.20 bits per heavy atom. The SMILES string of the molecule is CCNC(=NCc1ccc(N(CC)CC)nc1)NCC1CCCOC1C(C)(C)C.I. The van der Waals surface area contributed by atoms with Crippen molar-refractivity contribution in [1.29, 1.82) is 0 Å². The fourth-order valence-corrected chi connectivity index (χ4v) is 3.99. The summed E-state index contributed by atoms with van der Waals surface area (Å²) >= 11 is 0. The van der Waals surface area contributed by atoms with E-state index in [0.717, 1.165) is 56.5 Å². The van der Waals surface area contributed by atoms with Crippen molar-refractivity contribution in [2.24, 2.45) is 16.3 Å². The Labute approximate surface area is 200 Å². The highest BCUT2D eigenvalue weighted by atomic mass is 127. The number of hydrogen-bond donors (Lipinski definition) is 2. The van der Waals surface area contributed by atoms with E-state index in [1.54, 1.807) is 0 Å². The van der Waals surface area contributed by atoms with E-state index >= 15 is 0 Å². The molecule has 172 valence electrons. The minimum atomic E-state index is 0. The van der Waals surface area contributed by atoms with E-state index < -0.39 is 0 Å². The summed E-state index contributed by atoms with van der Waals surface area (Å²) < 4.78 is 6.11. The van der Waals surface area contributed by atoms with Crippen LogP contribution in [0, 0.1) is 11.3 Å². The molecule has 0 saturated carbocycles. The van der Waals surface area contributed by atoms with Crippen LogP contribution in [0.4, 0.5) is 5.82 Å². The van der Waals surface area contributed by atoms with Gasteiger partial charge in [0.2, 0.25) is 0 Å². The Kier molecular flexibility index (Phi) is 12.0. The maximum atomic E-state index is 6.11. The van der Waals surface area contributed by atoms with Crippen molar-refractivity contribution in [2.45, 2.75) is 67.0 Å². The Balaban J connectivity index is 0.00000450. The third kappa shape index (κ3) is 8.21. The van der Waals surface area contributed by atoms with Crippen LogP contribution in [0.1, 0.15) is 59.9 Å². The first-order chi connectivity index (χ1) is 13.9. The first kappa shape index (κ1) is 26.9. The standard InChI is InChI=1S/C23H41N5O.HI/c1-7-24-22(27-17-19-11-10-14-29-21(19)23(4,5)6)26-16-18-12-13-20(25-15-18)28(8-2)9-3;/h12-13,15,19,21H,7-11,14,16-17H2,1-6H3,(H2,24,26,27);1H. The van der Waals surface area contributed by atoms with Crippen molar-refractivity contribution in [3.63, 3.8) is 0 Å². The van der Waals surface area contributed by atoms with Gasteiger partial charge in [-0.2, -0.15) is 0 Å². The zero-order valence-electron chi connectivity index (χ0n) is 19.7. The summed E-state index contributed by atoms with van der Waals surface area (Å²) in [5.41, 5.74) is 1.27. The van der Waals surface area contributed by atoms with Gasteiger partial charge in [-0.25, -0.2) is 9.98 Å². The fourth-order valence-electron chi connectivity index (χ4n) is 3.99. The highest BCUT2D eigenvalue weighted by Gasteiger charge is 2.35. The number of ether oxygens (including phenoxy) is 1. The van der Waals surface area contributed by atoms with Gasteiger partial charge in [-0.1, -0.05) is 26.8 Å². The second kappa shape index (κ2) is 13.3. The van der Waals surface area contributed by atoms with Crippen molar-refractivity contribution in [2.75, 3.05) is 37.7 Å². The predicted molar refractivity (Wildman–Crippen MR) is 138 cm³/mol. The number of nitrogens with one attached hydrogen (secondary N) is 2. The number of hydrogen-bond acceptors (Lipinski definition) is 4. The molecule has 0 amide bonds. The van der Waals surface area contributed by atoms with E-state index in [-0.39, 0.29) is 35.5 Å². The van der Waals surface area contributed by atoms with Crippen LogP contribution in [0.25, 0.3) is 0 Å². The lowest BCUT2D eigenvalue weighted by atomic mass is 9.78.